The monoisotopic (exact) mass is 606 g/mol. The molecule has 0 aliphatic heterocycles. The van der Waals surface area contributed by atoms with Crippen molar-refractivity contribution in [3.8, 4) is 28.4 Å². The number of carboxylic acid groups (broad SMARTS) is 1. The summed E-state index contributed by atoms with van der Waals surface area (Å²) in [6.07, 6.45) is 15.5. The molecule has 0 atom stereocenters. The Bertz CT molecular complexity index is 1680. The van der Waals surface area contributed by atoms with Gasteiger partial charge in [-0.25, -0.2) is 4.79 Å². The molecule has 4 fully saturated rings. The number of nitrogens with zero attached hydrogens (tertiary/aromatic N) is 4. The van der Waals surface area contributed by atoms with Gasteiger partial charge in [0, 0.05) is 34.9 Å². The van der Waals surface area contributed by atoms with Gasteiger partial charge in [-0.05, 0) is 68.9 Å². The van der Waals surface area contributed by atoms with Gasteiger partial charge in [0.25, 0.3) is 0 Å². The number of ether oxygens (including phenoxy) is 1. The number of carbonyl (C=O) groups is 1. The van der Waals surface area contributed by atoms with Gasteiger partial charge in [0.2, 0.25) is 11.7 Å². The van der Waals surface area contributed by atoms with Crippen LogP contribution in [0.4, 0.5) is 0 Å². The van der Waals surface area contributed by atoms with Crippen molar-refractivity contribution in [2.75, 3.05) is 7.11 Å². The predicted octanol–water partition coefficient (Wildman–Crippen LogP) is 7.98. The Morgan fingerprint density at radius 1 is 1.05 bits per heavy atom. The van der Waals surface area contributed by atoms with E-state index in [1.807, 2.05) is 0 Å². The molecular formula is C31H28Cl2N4O5. The third kappa shape index (κ3) is 4.50. The molecule has 0 unspecified atom stereocenters. The van der Waals surface area contributed by atoms with Crippen molar-refractivity contribution in [3.05, 3.63) is 69.5 Å². The minimum absolute atomic E-state index is 0.0465. The van der Waals surface area contributed by atoms with E-state index in [4.69, 9.17) is 42.0 Å². The van der Waals surface area contributed by atoms with Crippen LogP contribution in [0.2, 0.25) is 10.0 Å². The zero-order chi connectivity index (χ0) is 29.1. The Kier molecular flexibility index (Phi) is 6.62. The van der Waals surface area contributed by atoms with Gasteiger partial charge in [-0.2, -0.15) is 4.98 Å². The molecular weight excluding hydrogens is 579 g/mol. The van der Waals surface area contributed by atoms with E-state index in [1.54, 1.807) is 24.5 Å². The molecule has 0 saturated heterocycles. The van der Waals surface area contributed by atoms with E-state index in [0.717, 1.165) is 62.7 Å². The lowest BCUT2D eigenvalue weighted by atomic mass is 9.53. The quantitative estimate of drug-likeness (QED) is 0.212. The lowest BCUT2D eigenvalue weighted by Crippen LogP contribution is -2.43. The molecule has 2 bridgehead atoms. The van der Waals surface area contributed by atoms with Gasteiger partial charge in [-0.1, -0.05) is 51.7 Å². The number of para-hydroxylation sites is 1. The number of methoxy groups -OCH3 is 1. The Balaban J connectivity index is 1.14. The van der Waals surface area contributed by atoms with Crippen molar-refractivity contribution in [2.24, 2.45) is 5.41 Å². The maximum Gasteiger partial charge on any atom is 0.339 e. The van der Waals surface area contributed by atoms with E-state index in [2.05, 4.69) is 27.4 Å². The number of allylic oxidation sites excluding steroid dienone is 1. The summed E-state index contributed by atoms with van der Waals surface area (Å²) in [7, 11) is 1.44. The Morgan fingerprint density at radius 2 is 1.76 bits per heavy atom. The summed E-state index contributed by atoms with van der Waals surface area (Å²) in [5.74, 6) is 1.35. The van der Waals surface area contributed by atoms with Crippen LogP contribution in [-0.2, 0) is 5.41 Å². The molecule has 11 heteroatoms. The molecule has 3 aromatic heterocycles. The fraction of sp³-hybridized carbons (Fsp3) is 0.387. The van der Waals surface area contributed by atoms with Crippen LogP contribution in [0.1, 0.15) is 84.9 Å². The first-order valence-corrected chi connectivity index (χ1v) is 14.8. The molecule has 1 N–H and O–H groups in total. The summed E-state index contributed by atoms with van der Waals surface area (Å²) in [5.41, 5.74) is 2.65. The van der Waals surface area contributed by atoms with Crippen molar-refractivity contribution < 1.29 is 23.7 Å². The SMILES string of the molecule is COc1c(C(=O)O)cccc1-c1noc(C23CCC(C=Cc4c(-c5c(Cl)cncc5Cl)noc4C4CC4)(CC2)CC3)n1. The number of hydrogen-bond acceptors (Lipinski definition) is 8. The van der Waals surface area contributed by atoms with Crippen LogP contribution in [-0.4, -0.2) is 38.5 Å². The number of halogens is 2. The molecule has 4 aliphatic carbocycles. The van der Waals surface area contributed by atoms with Crippen LogP contribution < -0.4 is 4.74 Å². The van der Waals surface area contributed by atoms with E-state index in [0.29, 0.717) is 44.5 Å². The highest BCUT2D eigenvalue weighted by Gasteiger charge is 2.51. The molecule has 0 spiro atoms. The average molecular weight is 607 g/mol. The topological polar surface area (TPSA) is 124 Å². The third-order valence-corrected chi connectivity index (χ3v) is 9.85. The van der Waals surface area contributed by atoms with E-state index in [1.165, 1.54) is 13.2 Å². The van der Waals surface area contributed by atoms with Crippen molar-refractivity contribution in [2.45, 2.75) is 62.7 Å². The van der Waals surface area contributed by atoms with E-state index >= 15 is 0 Å². The van der Waals surface area contributed by atoms with Crippen LogP contribution in [0.3, 0.4) is 0 Å². The largest absolute Gasteiger partial charge is 0.495 e. The molecule has 42 heavy (non-hydrogen) atoms. The summed E-state index contributed by atoms with van der Waals surface area (Å²) in [5, 5.41) is 19.1. The number of carboxylic acids is 1. The number of pyridine rings is 1. The van der Waals surface area contributed by atoms with E-state index in [-0.39, 0.29) is 22.1 Å². The number of hydrogen-bond donors (Lipinski definition) is 1. The van der Waals surface area contributed by atoms with Crippen LogP contribution in [0.5, 0.6) is 5.75 Å². The number of aromatic carboxylic acids is 1. The van der Waals surface area contributed by atoms with Crippen molar-refractivity contribution >= 4 is 35.2 Å². The minimum Gasteiger partial charge on any atom is -0.495 e. The normalized spacial score (nSPS) is 23.5. The highest BCUT2D eigenvalue weighted by Crippen LogP contribution is 2.58. The Labute approximate surface area is 251 Å². The zero-order valence-electron chi connectivity index (χ0n) is 22.9. The molecule has 0 amide bonds. The Hall–Kier alpha value is -3.69. The van der Waals surface area contributed by atoms with Gasteiger partial charge in [0.05, 0.1) is 22.7 Å². The molecule has 4 aromatic rings. The summed E-state index contributed by atoms with van der Waals surface area (Å²) >= 11 is 13.0. The van der Waals surface area contributed by atoms with Gasteiger partial charge in [-0.15, -0.1) is 0 Å². The van der Waals surface area contributed by atoms with Crippen molar-refractivity contribution in [1.82, 2.24) is 20.3 Å². The molecule has 0 radical (unpaired) electrons. The third-order valence-electron chi connectivity index (χ3n) is 9.27. The molecule has 8 rings (SSSR count). The molecule has 4 aliphatic rings. The van der Waals surface area contributed by atoms with Crippen LogP contribution in [0, 0.1) is 5.41 Å². The molecule has 9 nitrogen and oxygen atoms in total. The number of benzene rings is 1. The Morgan fingerprint density at radius 3 is 2.40 bits per heavy atom. The zero-order valence-corrected chi connectivity index (χ0v) is 24.4. The number of fused-ring (bicyclic) bond motifs is 3. The van der Waals surface area contributed by atoms with E-state index in [9.17, 15) is 9.90 Å². The standard InChI is InChI=1S/C31H28Cl2N4O5/c1-40-26-19(3-2-4-20(26)28(38)39)27-35-29(42-37-27)31-12-9-30(10-13-31,11-14-31)8-7-18-24(36-41-25(18)17-5-6-17)23-21(32)15-34-16-22(23)33/h2-4,7-8,15-17H,5-6,9-14H2,1H3,(H,38,39). The van der Waals surface area contributed by atoms with Gasteiger partial charge in [0.15, 0.2) is 0 Å². The fourth-order valence-electron chi connectivity index (χ4n) is 6.62. The maximum absolute atomic E-state index is 11.7. The predicted molar refractivity (Wildman–Crippen MR) is 156 cm³/mol. The lowest BCUT2D eigenvalue weighted by molar-refractivity contribution is 0.0569. The lowest BCUT2D eigenvalue weighted by Gasteiger charge is -2.50. The van der Waals surface area contributed by atoms with E-state index < -0.39 is 5.97 Å². The second-order valence-corrected chi connectivity index (χ2v) is 12.5. The smallest absolute Gasteiger partial charge is 0.339 e. The van der Waals surface area contributed by atoms with Gasteiger partial charge in [0.1, 0.15) is 22.8 Å². The second-order valence-electron chi connectivity index (χ2n) is 11.7. The van der Waals surface area contributed by atoms with Gasteiger partial charge >= 0.3 is 5.97 Å². The first-order chi connectivity index (χ1) is 20.3. The van der Waals surface area contributed by atoms with Crippen LogP contribution in [0.15, 0.2) is 45.7 Å². The first kappa shape index (κ1) is 27.2. The summed E-state index contributed by atoms with van der Waals surface area (Å²) in [6.45, 7) is 0. The van der Waals surface area contributed by atoms with Gasteiger partial charge < -0.3 is 18.9 Å². The molecule has 3 heterocycles. The highest BCUT2D eigenvalue weighted by molar-refractivity contribution is 6.39. The molecule has 4 saturated carbocycles. The first-order valence-electron chi connectivity index (χ1n) is 14.1. The van der Waals surface area contributed by atoms with Gasteiger partial charge in [-0.3, -0.25) is 4.98 Å². The fourth-order valence-corrected chi connectivity index (χ4v) is 7.17. The minimum atomic E-state index is -1.07. The van der Waals surface area contributed by atoms with Crippen LogP contribution >= 0.6 is 23.2 Å². The second kappa shape index (κ2) is 10.2. The molecule has 216 valence electrons. The average Bonchev–Trinajstić information content (AvgIpc) is 3.56. The number of rotatable bonds is 8. The highest BCUT2D eigenvalue weighted by atomic mass is 35.5. The summed E-state index contributed by atoms with van der Waals surface area (Å²) < 4.78 is 17.1. The number of aromatic nitrogens is 4. The van der Waals surface area contributed by atoms with Crippen molar-refractivity contribution in [3.63, 3.8) is 0 Å². The maximum atomic E-state index is 11.7. The van der Waals surface area contributed by atoms with Crippen molar-refractivity contribution in [1.29, 1.82) is 0 Å². The summed E-state index contributed by atoms with van der Waals surface area (Å²) in [4.78, 5) is 20.5. The summed E-state index contributed by atoms with van der Waals surface area (Å²) in [6, 6.07) is 4.90. The van der Waals surface area contributed by atoms with Crippen LogP contribution in [0.25, 0.3) is 28.7 Å². The molecule has 1 aromatic carbocycles.